The third-order valence-corrected chi connectivity index (χ3v) is 3.15. The van der Waals surface area contributed by atoms with Crippen LogP contribution >= 0.6 is 0 Å². The van der Waals surface area contributed by atoms with Crippen molar-refractivity contribution in [1.82, 2.24) is 0 Å². The van der Waals surface area contributed by atoms with Crippen LogP contribution in [-0.4, -0.2) is 18.5 Å². The highest BCUT2D eigenvalue weighted by molar-refractivity contribution is 5.94. The van der Waals surface area contributed by atoms with Gasteiger partial charge in [-0.1, -0.05) is 6.07 Å². The molecule has 16 heavy (non-hydrogen) atoms. The minimum Gasteiger partial charge on any atom is -0.369 e. The van der Waals surface area contributed by atoms with Crippen molar-refractivity contribution >= 4 is 11.6 Å². The molecule has 3 heteroatoms. The summed E-state index contributed by atoms with van der Waals surface area (Å²) in [4.78, 5) is 13.5. The Balaban J connectivity index is 2.44. The van der Waals surface area contributed by atoms with Crippen LogP contribution in [0.4, 0.5) is 5.69 Å². The highest BCUT2D eigenvalue weighted by atomic mass is 16.1. The Morgan fingerprint density at radius 2 is 2.19 bits per heavy atom. The number of amides is 1. The van der Waals surface area contributed by atoms with Crippen LogP contribution < -0.4 is 10.6 Å². The summed E-state index contributed by atoms with van der Waals surface area (Å²) in [5, 5.41) is 0. The lowest BCUT2D eigenvalue weighted by atomic mass is 9.98. The largest absolute Gasteiger partial charge is 0.369 e. The Morgan fingerprint density at radius 1 is 1.44 bits per heavy atom. The maximum absolute atomic E-state index is 11.2. The fourth-order valence-corrected chi connectivity index (χ4v) is 2.29. The lowest BCUT2D eigenvalue weighted by Crippen LogP contribution is -2.35. The molecule has 0 radical (unpaired) electrons. The van der Waals surface area contributed by atoms with Crippen LogP contribution in [0.1, 0.15) is 36.2 Å². The number of rotatable bonds is 2. The number of nitrogens with two attached hydrogens (primary N) is 1. The number of anilines is 1. The average molecular weight is 218 g/mol. The van der Waals surface area contributed by atoms with Gasteiger partial charge < -0.3 is 10.6 Å². The molecule has 0 unspecified atom stereocenters. The molecule has 2 rings (SSSR count). The van der Waals surface area contributed by atoms with Crippen LogP contribution in [0.3, 0.4) is 0 Å². The van der Waals surface area contributed by atoms with Gasteiger partial charge in [-0.25, -0.2) is 0 Å². The smallest absolute Gasteiger partial charge is 0.248 e. The summed E-state index contributed by atoms with van der Waals surface area (Å²) in [6.07, 6.45) is 2.28. The van der Waals surface area contributed by atoms with Crippen molar-refractivity contribution < 1.29 is 4.79 Å². The zero-order chi connectivity index (χ0) is 11.7. The highest BCUT2D eigenvalue weighted by Gasteiger charge is 2.19. The molecule has 0 fully saturated rings. The van der Waals surface area contributed by atoms with Gasteiger partial charge in [-0.3, -0.25) is 4.79 Å². The topological polar surface area (TPSA) is 46.3 Å². The standard InChI is InChI=1S/C13H18N2O/c1-9(2)15-7-3-4-10-5-6-11(13(14)16)8-12(10)15/h5-6,8-9H,3-4,7H2,1-2H3,(H2,14,16). The van der Waals surface area contributed by atoms with E-state index in [2.05, 4.69) is 18.7 Å². The molecule has 0 saturated carbocycles. The van der Waals surface area contributed by atoms with Crippen LogP contribution in [0.5, 0.6) is 0 Å². The minimum absolute atomic E-state index is 0.350. The van der Waals surface area contributed by atoms with Crippen molar-refractivity contribution in [2.45, 2.75) is 32.7 Å². The first-order valence-corrected chi connectivity index (χ1v) is 5.79. The second kappa shape index (κ2) is 4.16. The van der Waals surface area contributed by atoms with E-state index in [0.717, 1.165) is 13.0 Å². The molecule has 2 N–H and O–H groups in total. The Labute approximate surface area is 96.2 Å². The quantitative estimate of drug-likeness (QED) is 0.824. The van der Waals surface area contributed by atoms with E-state index >= 15 is 0 Å². The Bertz CT molecular complexity index is 412. The molecule has 0 aliphatic carbocycles. The van der Waals surface area contributed by atoms with E-state index < -0.39 is 0 Å². The molecule has 0 aromatic heterocycles. The molecule has 1 aliphatic heterocycles. The second-order valence-corrected chi connectivity index (χ2v) is 4.60. The number of aryl methyl sites for hydroxylation is 1. The van der Waals surface area contributed by atoms with E-state index in [-0.39, 0.29) is 5.91 Å². The summed E-state index contributed by atoms with van der Waals surface area (Å²) in [6, 6.07) is 6.24. The van der Waals surface area contributed by atoms with Crippen molar-refractivity contribution in [3.05, 3.63) is 29.3 Å². The van der Waals surface area contributed by atoms with Crippen LogP contribution in [0.2, 0.25) is 0 Å². The lowest BCUT2D eigenvalue weighted by molar-refractivity contribution is 0.100. The molecule has 0 spiro atoms. The molecule has 1 aromatic carbocycles. The van der Waals surface area contributed by atoms with Crippen molar-refractivity contribution in [3.8, 4) is 0 Å². The molecule has 1 amide bonds. The van der Waals surface area contributed by atoms with Crippen LogP contribution in [-0.2, 0) is 6.42 Å². The molecule has 1 aliphatic rings. The molecule has 0 bridgehead atoms. The summed E-state index contributed by atoms with van der Waals surface area (Å²) in [6.45, 7) is 5.41. The van der Waals surface area contributed by atoms with Gasteiger partial charge in [-0.15, -0.1) is 0 Å². The SMILES string of the molecule is CC(C)N1CCCc2ccc(C(N)=O)cc21. The van der Waals surface area contributed by atoms with E-state index in [0.29, 0.717) is 11.6 Å². The molecule has 0 atom stereocenters. The normalized spacial score (nSPS) is 15.1. The summed E-state index contributed by atoms with van der Waals surface area (Å²) < 4.78 is 0. The van der Waals surface area contributed by atoms with Crippen LogP contribution in [0.25, 0.3) is 0 Å². The zero-order valence-corrected chi connectivity index (χ0v) is 9.86. The van der Waals surface area contributed by atoms with Gasteiger partial charge in [0.05, 0.1) is 0 Å². The molecular weight excluding hydrogens is 200 g/mol. The van der Waals surface area contributed by atoms with Crippen molar-refractivity contribution in [1.29, 1.82) is 0 Å². The fraction of sp³-hybridized carbons (Fsp3) is 0.462. The molecule has 1 aromatic rings. The maximum Gasteiger partial charge on any atom is 0.248 e. The van der Waals surface area contributed by atoms with E-state index in [1.807, 2.05) is 18.2 Å². The monoisotopic (exact) mass is 218 g/mol. The number of hydrogen-bond acceptors (Lipinski definition) is 2. The first-order valence-electron chi connectivity index (χ1n) is 5.79. The van der Waals surface area contributed by atoms with Gasteiger partial charge >= 0.3 is 0 Å². The Kier molecular flexibility index (Phi) is 2.86. The molecule has 86 valence electrons. The molecule has 1 heterocycles. The predicted molar refractivity (Wildman–Crippen MR) is 65.8 cm³/mol. The Hall–Kier alpha value is -1.51. The van der Waals surface area contributed by atoms with Crippen LogP contribution in [0, 0.1) is 0 Å². The van der Waals surface area contributed by atoms with Gasteiger partial charge in [0, 0.05) is 23.8 Å². The van der Waals surface area contributed by atoms with E-state index in [1.54, 1.807) is 0 Å². The van der Waals surface area contributed by atoms with Gasteiger partial charge in [-0.2, -0.15) is 0 Å². The average Bonchev–Trinajstić information content (AvgIpc) is 2.27. The van der Waals surface area contributed by atoms with Crippen molar-refractivity contribution in [2.75, 3.05) is 11.4 Å². The summed E-state index contributed by atoms with van der Waals surface area (Å²) in [5.41, 5.74) is 8.42. The molecular formula is C13H18N2O. The van der Waals surface area contributed by atoms with Crippen molar-refractivity contribution in [3.63, 3.8) is 0 Å². The minimum atomic E-state index is -0.350. The maximum atomic E-state index is 11.2. The second-order valence-electron chi connectivity index (χ2n) is 4.60. The van der Waals surface area contributed by atoms with Gasteiger partial charge in [0.25, 0.3) is 0 Å². The van der Waals surface area contributed by atoms with Gasteiger partial charge in [0.1, 0.15) is 0 Å². The molecule has 0 saturated heterocycles. The Morgan fingerprint density at radius 3 is 2.81 bits per heavy atom. The van der Waals surface area contributed by atoms with Gasteiger partial charge in [0.2, 0.25) is 5.91 Å². The van der Waals surface area contributed by atoms with Crippen molar-refractivity contribution in [2.24, 2.45) is 5.73 Å². The first-order chi connectivity index (χ1) is 7.59. The summed E-state index contributed by atoms with van der Waals surface area (Å²) in [7, 11) is 0. The predicted octanol–water partition coefficient (Wildman–Crippen LogP) is 1.95. The lowest BCUT2D eigenvalue weighted by Gasteiger charge is -2.34. The van der Waals surface area contributed by atoms with E-state index in [4.69, 9.17) is 5.73 Å². The number of nitrogens with zero attached hydrogens (tertiary/aromatic N) is 1. The fourth-order valence-electron chi connectivity index (χ4n) is 2.29. The van der Waals surface area contributed by atoms with E-state index in [1.165, 1.54) is 17.7 Å². The number of carbonyl (C=O) groups is 1. The van der Waals surface area contributed by atoms with Gasteiger partial charge in [0.15, 0.2) is 0 Å². The van der Waals surface area contributed by atoms with Crippen LogP contribution in [0.15, 0.2) is 18.2 Å². The number of fused-ring (bicyclic) bond motifs is 1. The summed E-state index contributed by atoms with van der Waals surface area (Å²) >= 11 is 0. The first kappa shape index (κ1) is 11.0. The summed E-state index contributed by atoms with van der Waals surface area (Å²) in [5.74, 6) is -0.350. The molecule has 3 nitrogen and oxygen atoms in total. The number of benzene rings is 1. The number of hydrogen-bond donors (Lipinski definition) is 1. The van der Waals surface area contributed by atoms with Gasteiger partial charge in [-0.05, 0) is 44.4 Å². The third-order valence-electron chi connectivity index (χ3n) is 3.15. The zero-order valence-electron chi connectivity index (χ0n) is 9.86. The van der Waals surface area contributed by atoms with E-state index in [9.17, 15) is 4.79 Å². The highest BCUT2D eigenvalue weighted by Crippen LogP contribution is 2.29. The third kappa shape index (κ3) is 1.90. The number of carbonyl (C=O) groups excluding carboxylic acids is 1. The number of primary amides is 1.